The van der Waals surface area contributed by atoms with Crippen LogP contribution in [0, 0.1) is 6.92 Å². The molecule has 0 fully saturated rings. The highest BCUT2D eigenvalue weighted by Gasteiger charge is 2.14. The summed E-state index contributed by atoms with van der Waals surface area (Å²) in [4.78, 5) is 24.5. The van der Waals surface area contributed by atoms with Crippen LogP contribution in [0.5, 0.6) is 5.75 Å². The number of aryl methyl sites for hydroxylation is 1. The van der Waals surface area contributed by atoms with E-state index in [-0.39, 0.29) is 0 Å². The SMILES string of the molecule is CCCCOc1ccc(C(=O)OCC(=O)Nc2cc(C)nn2-c2ccccc2)cc1. The number of benzene rings is 2. The molecule has 1 N–H and O–H groups in total. The van der Waals surface area contributed by atoms with Crippen molar-refractivity contribution in [2.24, 2.45) is 0 Å². The van der Waals surface area contributed by atoms with Gasteiger partial charge in [0.1, 0.15) is 11.6 Å². The molecular formula is C23H25N3O4. The van der Waals surface area contributed by atoms with E-state index in [1.807, 2.05) is 37.3 Å². The van der Waals surface area contributed by atoms with Gasteiger partial charge in [-0.1, -0.05) is 31.5 Å². The molecule has 1 aromatic heterocycles. The van der Waals surface area contributed by atoms with E-state index < -0.39 is 18.5 Å². The van der Waals surface area contributed by atoms with Crippen molar-refractivity contribution in [3.8, 4) is 11.4 Å². The summed E-state index contributed by atoms with van der Waals surface area (Å²) in [6.07, 6.45) is 2.03. The largest absolute Gasteiger partial charge is 0.494 e. The third-order valence-corrected chi connectivity index (χ3v) is 4.29. The summed E-state index contributed by atoms with van der Waals surface area (Å²) in [5.41, 5.74) is 1.93. The molecule has 7 heteroatoms. The smallest absolute Gasteiger partial charge is 0.338 e. The predicted molar refractivity (Wildman–Crippen MR) is 114 cm³/mol. The zero-order valence-electron chi connectivity index (χ0n) is 17.1. The first-order valence-electron chi connectivity index (χ1n) is 9.88. The number of hydrogen-bond acceptors (Lipinski definition) is 5. The van der Waals surface area contributed by atoms with Gasteiger partial charge in [0.2, 0.25) is 0 Å². The van der Waals surface area contributed by atoms with E-state index in [0.29, 0.717) is 23.7 Å². The van der Waals surface area contributed by atoms with E-state index in [1.165, 1.54) is 0 Å². The molecule has 3 aromatic rings. The Morgan fingerprint density at radius 3 is 2.50 bits per heavy atom. The van der Waals surface area contributed by atoms with Gasteiger partial charge in [-0.15, -0.1) is 0 Å². The fraction of sp³-hybridized carbons (Fsp3) is 0.261. The summed E-state index contributed by atoms with van der Waals surface area (Å²) in [7, 11) is 0. The molecule has 1 amide bonds. The van der Waals surface area contributed by atoms with Crippen molar-refractivity contribution in [3.63, 3.8) is 0 Å². The van der Waals surface area contributed by atoms with Crippen LogP contribution in [-0.2, 0) is 9.53 Å². The summed E-state index contributed by atoms with van der Waals surface area (Å²) in [5.74, 6) is 0.188. The van der Waals surface area contributed by atoms with Crippen molar-refractivity contribution in [1.82, 2.24) is 9.78 Å². The van der Waals surface area contributed by atoms with E-state index in [1.54, 1.807) is 35.0 Å². The quantitative estimate of drug-likeness (QED) is 0.425. The van der Waals surface area contributed by atoms with Crippen molar-refractivity contribution >= 4 is 17.7 Å². The third-order valence-electron chi connectivity index (χ3n) is 4.29. The molecule has 0 bridgehead atoms. The van der Waals surface area contributed by atoms with Gasteiger partial charge in [-0.2, -0.15) is 5.10 Å². The molecule has 0 aliphatic heterocycles. The summed E-state index contributed by atoms with van der Waals surface area (Å²) in [6.45, 7) is 4.17. The molecule has 0 saturated carbocycles. The number of rotatable bonds is 9. The van der Waals surface area contributed by atoms with Crippen LogP contribution in [0.25, 0.3) is 5.69 Å². The Bertz CT molecular complexity index is 981. The summed E-state index contributed by atoms with van der Waals surface area (Å²) in [5, 5.41) is 7.13. The number of aromatic nitrogens is 2. The lowest BCUT2D eigenvalue weighted by molar-refractivity contribution is -0.119. The molecule has 1 heterocycles. The summed E-state index contributed by atoms with van der Waals surface area (Å²) >= 11 is 0. The fourth-order valence-corrected chi connectivity index (χ4v) is 2.77. The zero-order valence-corrected chi connectivity index (χ0v) is 17.1. The second kappa shape index (κ2) is 10.2. The van der Waals surface area contributed by atoms with Crippen LogP contribution >= 0.6 is 0 Å². The Balaban J connectivity index is 1.54. The summed E-state index contributed by atoms with van der Waals surface area (Å²) < 4.78 is 12.3. The topological polar surface area (TPSA) is 82.4 Å². The highest BCUT2D eigenvalue weighted by Crippen LogP contribution is 2.17. The van der Waals surface area contributed by atoms with Crippen LogP contribution in [0.4, 0.5) is 5.82 Å². The minimum absolute atomic E-state index is 0.357. The molecule has 0 saturated heterocycles. The van der Waals surface area contributed by atoms with Gasteiger partial charge in [0.25, 0.3) is 5.91 Å². The number of anilines is 1. The molecule has 7 nitrogen and oxygen atoms in total. The van der Waals surface area contributed by atoms with Gasteiger partial charge in [0.05, 0.1) is 23.6 Å². The molecule has 0 aliphatic carbocycles. The Hall–Kier alpha value is -3.61. The van der Waals surface area contributed by atoms with Crippen molar-refractivity contribution in [2.75, 3.05) is 18.5 Å². The number of esters is 1. The number of nitrogens with zero attached hydrogens (tertiary/aromatic N) is 2. The van der Waals surface area contributed by atoms with E-state index in [4.69, 9.17) is 9.47 Å². The minimum Gasteiger partial charge on any atom is -0.494 e. The van der Waals surface area contributed by atoms with Gasteiger partial charge in [-0.3, -0.25) is 4.79 Å². The van der Waals surface area contributed by atoms with Crippen LogP contribution in [0.2, 0.25) is 0 Å². The van der Waals surface area contributed by atoms with Crippen LogP contribution in [0.15, 0.2) is 60.7 Å². The van der Waals surface area contributed by atoms with Crippen LogP contribution in [-0.4, -0.2) is 34.9 Å². The average Bonchev–Trinajstić information content (AvgIpc) is 3.13. The lowest BCUT2D eigenvalue weighted by Crippen LogP contribution is -2.22. The molecule has 2 aromatic carbocycles. The Labute approximate surface area is 175 Å². The molecule has 0 unspecified atom stereocenters. The normalized spacial score (nSPS) is 10.5. The van der Waals surface area contributed by atoms with Crippen molar-refractivity contribution in [1.29, 1.82) is 0 Å². The van der Waals surface area contributed by atoms with Gasteiger partial charge in [-0.25, -0.2) is 9.48 Å². The lowest BCUT2D eigenvalue weighted by atomic mass is 10.2. The molecule has 0 spiro atoms. The van der Waals surface area contributed by atoms with E-state index >= 15 is 0 Å². The van der Waals surface area contributed by atoms with Crippen molar-refractivity contribution < 1.29 is 19.1 Å². The maximum Gasteiger partial charge on any atom is 0.338 e. The number of amides is 1. The molecule has 3 rings (SSSR count). The second-order valence-corrected chi connectivity index (χ2v) is 6.77. The first-order chi connectivity index (χ1) is 14.6. The zero-order chi connectivity index (χ0) is 21.3. The second-order valence-electron chi connectivity index (χ2n) is 6.77. The van der Waals surface area contributed by atoms with Crippen LogP contribution in [0.3, 0.4) is 0 Å². The van der Waals surface area contributed by atoms with Gasteiger partial charge >= 0.3 is 5.97 Å². The number of nitrogens with one attached hydrogen (secondary N) is 1. The monoisotopic (exact) mass is 407 g/mol. The first-order valence-corrected chi connectivity index (χ1v) is 9.88. The van der Waals surface area contributed by atoms with Crippen molar-refractivity contribution in [2.45, 2.75) is 26.7 Å². The molecule has 30 heavy (non-hydrogen) atoms. The standard InChI is InChI=1S/C23H25N3O4/c1-3-4-14-29-20-12-10-18(11-13-20)23(28)30-16-22(27)24-21-15-17(2)25-26(21)19-8-6-5-7-9-19/h5-13,15H,3-4,14,16H2,1-2H3,(H,24,27). The molecule has 0 aliphatic rings. The van der Waals surface area contributed by atoms with Crippen LogP contribution in [0.1, 0.15) is 35.8 Å². The highest BCUT2D eigenvalue weighted by atomic mass is 16.5. The molecule has 0 atom stereocenters. The number of hydrogen-bond donors (Lipinski definition) is 1. The first kappa shape index (κ1) is 21.1. The van der Waals surface area contributed by atoms with Crippen molar-refractivity contribution in [3.05, 3.63) is 71.9 Å². The third kappa shape index (κ3) is 5.70. The minimum atomic E-state index is -0.571. The fourth-order valence-electron chi connectivity index (χ4n) is 2.77. The number of ether oxygens (including phenoxy) is 2. The maximum absolute atomic E-state index is 12.3. The summed E-state index contributed by atoms with van der Waals surface area (Å²) in [6, 6.07) is 17.9. The average molecular weight is 407 g/mol. The van der Waals surface area contributed by atoms with Crippen LogP contribution < -0.4 is 10.1 Å². The molecule has 0 radical (unpaired) electrons. The highest BCUT2D eigenvalue weighted by molar-refractivity contribution is 5.95. The predicted octanol–water partition coefficient (Wildman–Crippen LogP) is 4.16. The Kier molecular flexibility index (Phi) is 7.21. The van der Waals surface area contributed by atoms with Gasteiger partial charge < -0.3 is 14.8 Å². The van der Waals surface area contributed by atoms with E-state index in [9.17, 15) is 9.59 Å². The van der Waals surface area contributed by atoms with Gasteiger partial charge in [0.15, 0.2) is 6.61 Å². The van der Waals surface area contributed by atoms with E-state index in [0.717, 1.165) is 24.2 Å². The lowest BCUT2D eigenvalue weighted by Gasteiger charge is -2.10. The van der Waals surface area contributed by atoms with E-state index in [2.05, 4.69) is 17.3 Å². The Morgan fingerprint density at radius 1 is 1.07 bits per heavy atom. The number of carbonyl (C=O) groups is 2. The molecule has 156 valence electrons. The number of carbonyl (C=O) groups excluding carboxylic acids is 2. The number of para-hydroxylation sites is 1. The number of unbranched alkanes of at least 4 members (excludes halogenated alkanes) is 1. The Morgan fingerprint density at radius 2 is 1.80 bits per heavy atom. The molecular weight excluding hydrogens is 382 g/mol. The maximum atomic E-state index is 12.3. The van der Waals surface area contributed by atoms with Gasteiger partial charge in [-0.05, 0) is 49.7 Å². The van der Waals surface area contributed by atoms with Gasteiger partial charge in [0, 0.05) is 6.07 Å².